The van der Waals surface area contributed by atoms with Gasteiger partial charge in [-0.1, -0.05) is 12.1 Å². The number of rotatable bonds is 1. The first-order chi connectivity index (χ1) is 8.75. The Morgan fingerprint density at radius 3 is 2.94 bits per heavy atom. The van der Waals surface area contributed by atoms with Crippen LogP contribution in [0.3, 0.4) is 0 Å². The summed E-state index contributed by atoms with van der Waals surface area (Å²) in [4.78, 5) is 11.1. The molecular weight excluding hydrogens is 290 g/mol. The van der Waals surface area contributed by atoms with Crippen LogP contribution in [0, 0.1) is 6.92 Å². The van der Waals surface area contributed by atoms with Crippen molar-refractivity contribution in [3.8, 4) is 0 Å². The first-order valence-corrected chi connectivity index (χ1v) is 6.56. The lowest BCUT2D eigenvalue weighted by molar-refractivity contribution is 1.05. The summed E-state index contributed by atoms with van der Waals surface area (Å²) in [6, 6.07) is 10.2. The second-order valence-corrected chi connectivity index (χ2v) is 5.06. The fourth-order valence-corrected chi connectivity index (χ4v) is 2.23. The van der Waals surface area contributed by atoms with E-state index in [1.807, 2.05) is 30.6 Å². The predicted molar refractivity (Wildman–Crippen MR) is 78.3 cm³/mol. The van der Waals surface area contributed by atoms with Crippen molar-refractivity contribution in [1.29, 1.82) is 0 Å². The fourth-order valence-electron chi connectivity index (χ4n) is 2.01. The predicted octanol–water partition coefficient (Wildman–Crippen LogP) is 4.01. The number of hydrogen-bond acceptors (Lipinski definition) is 3. The van der Waals surface area contributed by atoms with Crippen molar-refractivity contribution in [3.05, 3.63) is 46.6 Å². The molecule has 0 radical (unpaired) electrons. The van der Waals surface area contributed by atoms with Crippen LogP contribution in [0.25, 0.3) is 0 Å². The van der Waals surface area contributed by atoms with Crippen LogP contribution < -0.4 is 4.90 Å². The maximum Gasteiger partial charge on any atom is 0.133 e. The Kier molecular flexibility index (Phi) is 2.88. The number of nitrogens with zero attached hydrogens (tertiary/aromatic N) is 3. The van der Waals surface area contributed by atoms with Gasteiger partial charge in [0.15, 0.2) is 0 Å². The monoisotopic (exact) mass is 301 g/mol. The molecule has 0 N–H and O–H groups in total. The summed E-state index contributed by atoms with van der Waals surface area (Å²) in [5.41, 5.74) is 3.28. The Bertz CT molecular complexity index is 622. The molecule has 90 valence electrons. The first-order valence-electron chi connectivity index (χ1n) is 5.77. The third kappa shape index (κ3) is 1.93. The Morgan fingerprint density at radius 1 is 1.28 bits per heavy atom. The molecule has 0 saturated carbocycles. The second-order valence-electron chi connectivity index (χ2n) is 4.20. The van der Waals surface area contributed by atoms with Gasteiger partial charge in [-0.05, 0) is 46.6 Å². The van der Waals surface area contributed by atoms with E-state index in [-0.39, 0.29) is 0 Å². The summed E-state index contributed by atoms with van der Waals surface area (Å²) in [5, 5.41) is 0. The number of benzene rings is 1. The molecule has 0 aliphatic carbocycles. The molecule has 0 bridgehead atoms. The fraction of sp³-hybridized carbons (Fsp3) is 0.143. The number of para-hydroxylation sites is 2. The van der Waals surface area contributed by atoms with Crippen LogP contribution in [0.1, 0.15) is 5.56 Å². The lowest BCUT2D eigenvalue weighted by Gasteiger charge is -2.26. The standard InChI is InChI=1S/C14H12BrN3/c1-10-8-14(17-9-11(10)15)18-7-6-16-12-4-2-3-5-13(12)18/h2-6,8-9H,7H2,1H3. The molecule has 0 amide bonds. The molecule has 18 heavy (non-hydrogen) atoms. The third-order valence-electron chi connectivity index (χ3n) is 2.98. The first kappa shape index (κ1) is 11.4. The van der Waals surface area contributed by atoms with Gasteiger partial charge in [0.2, 0.25) is 0 Å². The van der Waals surface area contributed by atoms with Crippen LogP contribution in [0.15, 0.2) is 46.0 Å². The largest absolute Gasteiger partial charge is 0.319 e. The van der Waals surface area contributed by atoms with Crippen LogP contribution >= 0.6 is 15.9 Å². The van der Waals surface area contributed by atoms with E-state index in [1.54, 1.807) is 0 Å². The topological polar surface area (TPSA) is 28.5 Å². The number of pyridine rings is 1. The molecule has 1 aliphatic heterocycles. The van der Waals surface area contributed by atoms with Gasteiger partial charge in [0.1, 0.15) is 5.82 Å². The molecular formula is C14H12BrN3. The smallest absolute Gasteiger partial charge is 0.133 e. The van der Waals surface area contributed by atoms with Crippen molar-refractivity contribution in [2.45, 2.75) is 6.92 Å². The SMILES string of the molecule is Cc1cc(N2CC=Nc3ccccc32)ncc1Br. The van der Waals surface area contributed by atoms with Gasteiger partial charge in [-0.15, -0.1) is 0 Å². The molecule has 3 rings (SSSR count). The number of aromatic nitrogens is 1. The maximum absolute atomic E-state index is 4.48. The van der Waals surface area contributed by atoms with Gasteiger partial charge >= 0.3 is 0 Å². The molecule has 3 nitrogen and oxygen atoms in total. The minimum Gasteiger partial charge on any atom is -0.319 e. The van der Waals surface area contributed by atoms with Gasteiger partial charge in [-0.2, -0.15) is 0 Å². The van der Waals surface area contributed by atoms with Crippen molar-refractivity contribution in [2.24, 2.45) is 4.99 Å². The molecule has 2 aromatic rings. The van der Waals surface area contributed by atoms with E-state index in [2.05, 4.69) is 49.9 Å². The van der Waals surface area contributed by atoms with Crippen molar-refractivity contribution in [3.63, 3.8) is 0 Å². The van der Waals surface area contributed by atoms with Gasteiger partial charge in [0.25, 0.3) is 0 Å². The number of anilines is 2. The molecule has 4 heteroatoms. The molecule has 1 aromatic heterocycles. The molecule has 1 aliphatic rings. The Labute approximate surface area is 114 Å². The maximum atomic E-state index is 4.48. The Hall–Kier alpha value is -1.68. The highest BCUT2D eigenvalue weighted by Gasteiger charge is 2.16. The third-order valence-corrected chi connectivity index (χ3v) is 3.81. The average molecular weight is 302 g/mol. The van der Waals surface area contributed by atoms with Crippen LogP contribution in [0.5, 0.6) is 0 Å². The summed E-state index contributed by atoms with van der Waals surface area (Å²) in [6.45, 7) is 2.82. The van der Waals surface area contributed by atoms with Gasteiger partial charge < -0.3 is 4.90 Å². The molecule has 2 heterocycles. The van der Waals surface area contributed by atoms with Crippen molar-refractivity contribution in [1.82, 2.24) is 4.98 Å². The van der Waals surface area contributed by atoms with Gasteiger partial charge in [0.05, 0.1) is 17.9 Å². The number of aryl methyl sites for hydroxylation is 1. The van der Waals surface area contributed by atoms with Crippen LogP contribution in [0.4, 0.5) is 17.2 Å². The lowest BCUT2D eigenvalue weighted by Crippen LogP contribution is -2.22. The normalized spacial score (nSPS) is 13.6. The highest BCUT2D eigenvalue weighted by Crippen LogP contribution is 2.35. The molecule has 0 saturated heterocycles. The summed E-state index contributed by atoms with van der Waals surface area (Å²) in [7, 11) is 0. The zero-order chi connectivity index (χ0) is 12.5. The number of aliphatic imine (C=N–C) groups is 1. The van der Waals surface area contributed by atoms with Gasteiger partial charge in [0, 0.05) is 16.9 Å². The number of fused-ring (bicyclic) bond motifs is 1. The van der Waals surface area contributed by atoms with Crippen LogP contribution in [-0.4, -0.2) is 17.7 Å². The highest BCUT2D eigenvalue weighted by atomic mass is 79.9. The zero-order valence-electron chi connectivity index (χ0n) is 9.97. The molecule has 0 spiro atoms. The summed E-state index contributed by atoms with van der Waals surface area (Å²) in [6.07, 6.45) is 3.76. The Balaban J connectivity index is 2.08. The summed E-state index contributed by atoms with van der Waals surface area (Å²) < 4.78 is 1.03. The summed E-state index contributed by atoms with van der Waals surface area (Å²) in [5.74, 6) is 0.953. The quantitative estimate of drug-likeness (QED) is 0.796. The summed E-state index contributed by atoms with van der Waals surface area (Å²) >= 11 is 3.48. The minimum atomic E-state index is 0.755. The Morgan fingerprint density at radius 2 is 2.11 bits per heavy atom. The molecule has 0 unspecified atom stereocenters. The molecule has 1 aromatic carbocycles. The van der Waals surface area contributed by atoms with Crippen molar-refractivity contribution < 1.29 is 0 Å². The number of halogens is 1. The van der Waals surface area contributed by atoms with Crippen molar-refractivity contribution in [2.75, 3.05) is 11.4 Å². The lowest BCUT2D eigenvalue weighted by atomic mass is 10.2. The van der Waals surface area contributed by atoms with E-state index in [1.165, 1.54) is 5.56 Å². The highest BCUT2D eigenvalue weighted by molar-refractivity contribution is 9.10. The zero-order valence-corrected chi connectivity index (χ0v) is 11.6. The second kappa shape index (κ2) is 4.53. The molecule has 0 atom stereocenters. The van der Waals surface area contributed by atoms with E-state index in [0.29, 0.717) is 0 Å². The van der Waals surface area contributed by atoms with E-state index in [4.69, 9.17) is 0 Å². The van der Waals surface area contributed by atoms with Gasteiger partial charge in [-0.25, -0.2) is 4.98 Å². The van der Waals surface area contributed by atoms with E-state index in [9.17, 15) is 0 Å². The van der Waals surface area contributed by atoms with Crippen LogP contribution in [0.2, 0.25) is 0 Å². The number of hydrogen-bond donors (Lipinski definition) is 0. The van der Waals surface area contributed by atoms with E-state index >= 15 is 0 Å². The van der Waals surface area contributed by atoms with Crippen LogP contribution in [-0.2, 0) is 0 Å². The minimum absolute atomic E-state index is 0.755. The van der Waals surface area contributed by atoms with E-state index in [0.717, 1.165) is 28.2 Å². The van der Waals surface area contributed by atoms with Gasteiger partial charge in [-0.3, -0.25) is 4.99 Å². The van der Waals surface area contributed by atoms with Crippen molar-refractivity contribution >= 4 is 39.3 Å². The molecule has 0 fully saturated rings. The average Bonchev–Trinajstić information content (AvgIpc) is 2.41. The van der Waals surface area contributed by atoms with E-state index < -0.39 is 0 Å².